The normalized spacial score (nSPS) is 36.2. The molecular formula is C26H32N2O7. The predicted octanol–water partition coefficient (Wildman–Crippen LogP) is 1.45. The third-order valence-corrected chi connectivity index (χ3v) is 8.96. The molecule has 5 aliphatic rings. The lowest BCUT2D eigenvalue weighted by molar-refractivity contribution is -0.153. The number of phenols is 1. The van der Waals surface area contributed by atoms with Gasteiger partial charge in [-0.25, -0.2) is 4.79 Å². The number of aromatic hydroxyl groups is 1. The number of phenolic OH excluding ortho intramolecular Hbond substituents is 1. The number of piperidine rings is 1. The molecule has 5 atom stereocenters. The molecule has 1 spiro atoms. The molecule has 2 saturated heterocycles. The molecule has 0 radical (unpaired) electrons. The summed E-state index contributed by atoms with van der Waals surface area (Å²) in [5.41, 5.74) is -0.583. The number of cyclic esters (lactones) is 1. The second-order valence-electron chi connectivity index (χ2n) is 11.0. The van der Waals surface area contributed by atoms with Gasteiger partial charge in [0.1, 0.15) is 11.8 Å². The van der Waals surface area contributed by atoms with Crippen molar-refractivity contribution in [3.63, 3.8) is 0 Å². The molecule has 0 aromatic heterocycles. The molecule has 0 unspecified atom stereocenters. The summed E-state index contributed by atoms with van der Waals surface area (Å²) in [5.74, 6) is -0.514. The number of nitrogens with one attached hydrogen (secondary N) is 1. The number of hydrogen-bond acceptors (Lipinski definition) is 8. The van der Waals surface area contributed by atoms with Crippen molar-refractivity contribution in [2.24, 2.45) is 5.92 Å². The third kappa shape index (κ3) is 3.13. The Kier molecular flexibility index (Phi) is 4.93. The summed E-state index contributed by atoms with van der Waals surface area (Å²) in [6, 6.07) is 2.54. The minimum Gasteiger partial charge on any atom is -0.508 e. The monoisotopic (exact) mass is 484 g/mol. The van der Waals surface area contributed by atoms with Crippen molar-refractivity contribution in [3.8, 4) is 11.5 Å². The maximum absolute atomic E-state index is 13.0. The highest BCUT2D eigenvalue weighted by molar-refractivity contribution is 5.96. The van der Waals surface area contributed by atoms with Gasteiger partial charge in [-0.1, -0.05) is 6.07 Å². The number of hydrogen-bond donors (Lipinski definition) is 4. The molecule has 2 bridgehead atoms. The van der Waals surface area contributed by atoms with Crippen molar-refractivity contribution in [1.29, 1.82) is 0 Å². The lowest BCUT2D eigenvalue weighted by atomic mass is 9.53. The van der Waals surface area contributed by atoms with Crippen LogP contribution in [-0.4, -0.2) is 75.6 Å². The van der Waals surface area contributed by atoms with Gasteiger partial charge in [0.2, 0.25) is 0 Å². The smallest absolute Gasteiger partial charge is 0.328 e. The zero-order valence-corrected chi connectivity index (χ0v) is 20.0. The van der Waals surface area contributed by atoms with E-state index in [1.54, 1.807) is 13.0 Å². The Morgan fingerprint density at radius 2 is 2.06 bits per heavy atom. The molecule has 1 aromatic carbocycles. The molecule has 188 valence electrons. The van der Waals surface area contributed by atoms with Crippen LogP contribution in [-0.2, 0) is 26.2 Å². The molecule has 2 aliphatic carbocycles. The van der Waals surface area contributed by atoms with Gasteiger partial charge < -0.3 is 30.1 Å². The fraction of sp³-hybridized carbons (Fsp3) is 0.615. The summed E-state index contributed by atoms with van der Waals surface area (Å²) in [4.78, 5) is 27.1. The third-order valence-electron chi connectivity index (χ3n) is 8.96. The lowest BCUT2D eigenvalue weighted by Gasteiger charge is -2.59. The number of carbonyl (C=O) groups is 2. The van der Waals surface area contributed by atoms with E-state index in [1.165, 1.54) is 19.8 Å². The second kappa shape index (κ2) is 7.61. The van der Waals surface area contributed by atoms with Crippen LogP contribution in [0.4, 0.5) is 0 Å². The quantitative estimate of drug-likeness (QED) is 0.281. The fourth-order valence-electron chi connectivity index (χ4n) is 6.78. The van der Waals surface area contributed by atoms with Crippen LogP contribution in [0.25, 0.3) is 0 Å². The van der Waals surface area contributed by atoms with Gasteiger partial charge in [-0.05, 0) is 63.6 Å². The van der Waals surface area contributed by atoms with Crippen LogP contribution in [0.15, 0.2) is 23.5 Å². The summed E-state index contributed by atoms with van der Waals surface area (Å²) in [6.45, 7) is 5.17. The van der Waals surface area contributed by atoms with Crippen LogP contribution < -0.4 is 10.1 Å². The zero-order valence-electron chi connectivity index (χ0n) is 20.0. The van der Waals surface area contributed by atoms with Gasteiger partial charge in [0.15, 0.2) is 17.6 Å². The Hall–Kier alpha value is -2.78. The van der Waals surface area contributed by atoms with Crippen molar-refractivity contribution in [3.05, 3.63) is 34.6 Å². The summed E-state index contributed by atoms with van der Waals surface area (Å²) < 4.78 is 11.1. The highest BCUT2D eigenvalue weighted by Gasteiger charge is 2.69. The maximum Gasteiger partial charge on any atom is 0.328 e. The number of carbonyl (C=O) groups excluding carboxylic acids is 2. The Bertz CT molecular complexity index is 1140. The number of ether oxygens (including phenoxy) is 2. The highest BCUT2D eigenvalue weighted by atomic mass is 16.5. The van der Waals surface area contributed by atoms with E-state index in [2.05, 4.69) is 10.2 Å². The molecule has 6 rings (SSSR count). The summed E-state index contributed by atoms with van der Waals surface area (Å²) >= 11 is 0. The molecule has 9 nitrogen and oxygen atoms in total. The molecule has 35 heavy (non-hydrogen) atoms. The van der Waals surface area contributed by atoms with Gasteiger partial charge in [0.25, 0.3) is 5.91 Å². The number of fused-ring (bicyclic) bond motifs is 1. The van der Waals surface area contributed by atoms with E-state index >= 15 is 0 Å². The van der Waals surface area contributed by atoms with Crippen molar-refractivity contribution in [2.75, 3.05) is 19.7 Å². The Morgan fingerprint density at radius 3 is 2.74 bits per heavy atom. The topological polar surface area (TPSA) is 129 Å². The molecular weight excluding hydrogens is 452 g/mol. The van der Waals surface area contributed by atoms with Gasteiger partial charge >= 0.3 is 5.97 Å². The van der Waals surface area contributed by atoms with E-state index in [0.29, 0.717) is 25.2 Å². The van der Waals surface area contributed by atoms with Gasteiger partial charge in [0.05, 0.1) is 23.2 Å². The average molecular weight is 485 g/mol. The number of rotatable bonds is 5. The van der Waals surface area contributed by atoms with E-state index in [0.717, 1.165) is 24.2 Å². The molecule has 1 saturated carbocycles. The van der Waals surface area contributed by atoms with Crippen LogP contribution in [0.5, 0.6) is 11.5 Å². The first kappa shape index (κ1) is 22.7. The van der Waals surface area contributed by atoms with Gasteiger partial charge in [-0.2, -0.15) is 0 Å². The number of likely N-dealkylation sites (tertiary alicyclic amines) is 1. The predicted molar refractivity (Wildman–Crippen MR) is 124 cm³/mol. The van der Waals surface area contributed by atoms with Crippen LogP contribution in [0, 0.1) is 5.92 Å². The first-order chi connectivity index (χ1) is 16.6. The summed E-state index contributed by atoms with van der Waals surface area (Å²) in [6.07, 6.45) is 2.87. The highest BCUT2D eigenvalue weighted by Crippen LogP contribution is 2.63. The molecule has 3 fully saturated rings. The maximum atomic E-state index is 13.0. The number of aliphatic hydroxyl groups is 2. The SMILES string of the molecule is C/C(C(=O)N[C@H]1CCOC1=O)=C(/O)[C@@H]1Oc2c(O)ccc3c2[C@@]12CCN(CC1CC1)[C@H](C3)[C@@]2(C)O. The van der Waals surface area contributed by atoms with Gasteiger partial charge in [-0.3, -0.25) is 9.69 Å². The molecule has 9 heteroatoms. The van der Waals surface area contributed by atoms with E-state index in [4.69, 9.17) is 9.47 Å². The molecule has 3 heterocycles. The minimum atomic E-state index is -1.28. The van der Waals surface area contributed by atoms with E-state index in [9.17, 15) is 24.9 Å². The van der Waals surface area contributed by atoms with Crippen molar-refractivity contribution < 1.29 is 34.4 Å². The first-order valence-electron chi connectivity index (χ1n) is 12.5. The van der Waals surface area contributed by atoms with Crippen molar-refractivity contribution >= 4 is 11.9 Å². The fourth-order valence-corrected chi connectivity index (χ4v) is 6.78. The molecule has 3 aliphatic heterocycles. The standard InChI is InChI=1S/C26H32N2O7/c1-13(23(31)27-16-7-10-34-24(16)32)20(30)22-26-8-9-28(12-14-3-4-14)18(25(26,2)33)11-15-5-6-17(29)21(35-22)19(15)26/h5-6,14,16,18,22,29-30,33H,3-4,7-12H2,1-2H3,(H,27,31)/b20-13-/t16-,18+,22-,25+,26-/m0/s1. The number of nitrogens with zero attached hydrogens (tertiary/aromatic N) is 1. The minimum absolute atomic E-state index is 0.0104. The molecule has 1 aromatic rings. The number of benzene rings is 1. The largest absolute Gasteiger partial charge is 0.508 e. The number of esters is 1. The van der Waals surface area contributed by atoms with Crippen LogP contribution in [0.2, 0.25) is 0 Å². The molecule has 4 N–H and O–H groups in total. The molecule has 1 amide bonds. The van der Waals surface area contributed by atoms with E-state index in [1.807, 2.05) is 6.07 Å². The van der Waals surface area contributed by atoms with Crippen molar-refractivity contribution in [2.45, 2.75) is 75.2 Å². The zero-order chi connectivity index (χ0) is 24.7. The Labute approximate surface area is 203 Å². The van der Waals surface area contributed by atoms with Crippen LogP contribution in [0.1, 0.15) is 50.7 Å². The Balaban J connectivity index is 1.41. The number of amides is 1. The van der Waals surface area contributed by atoms with E-state index in [-0.39, 0.29) is 35.5 Å². The number of aliphatic hydroxyl groups excluding tert-OH is 1. The second-order valence-corrected chi connectivity index (χ2v) is 11.0. The van der Waals surface area contributed by atoms with Gasteiger partial charge in [-0.15, -0.1) is 0 Å². The summed E-state index contributed by atoms with van der Waals surface area (Å²) in [7, 11) is 0. The van der Waals surface area contributed by atoms with Crippen LogP contribution in [0.3, 0.4) is 0 Å². The van der Waals surface area contributed by atoms with E-state index < -0.39 is 35.0 Å². The van der Waals surface area contributed by atoms with Crippen molar-refractivity contribution in [1.82, 2.24) is 10.2 Å². The lowest BCUT2D eigenvalue weighted by Crippen LogP contribution is -2.73. The summed E-state index contributed by atoms with van der Waals surface area (Å²) in [5, 5.41) is 36.9. The average Bonchev–Trinajstić information content (AvgIpc) is 3.43. The Morgan fingerprint density at radius 1 is 1.29 bits per heavy atom. The van der Waals surface area contributed by atoms with Gasteiger partial charge in [0, 0.05) is 24.6 Å². The first-order valence-corrected chi connectivity index (χ1v) is 12.5. The van der Waals surface area contributed by atoms with Crippen LogP contribution >= 0.6 is 0 Å².